The zero-order valence-corrected chi connectivity index (χ0v) is 13.0. The molecule has 92 valence electrons. The SMILES string of the molecule is CN1CCc2cc(-c3nc(Br)cc(Br)n3)ccc21. The highest BCUT2D eigenvalue weighted by Gasteiger charge is 2.16. The lowest BCUT2D eigenvalue weighted by Crippen LogP contribution is -2.12. The topological polar surface area (TPSA) is 29.0 Å². The number of anilines is 1. The van der Waals surface area contributed by atoms with Gasteiger partial charge in [0, 0.05) is 30.9 Å². The van der Waals surface area contributed by atoms with E-state index in [9.17, 15) is 0 Å². The first kappa shape index (κ1) is 12.1. The summed E-state index contributed by atoms with van der Waals surface area (Å²) < 4.78 is 1.58. The number of halogens is 2. The van der Waals surface area contributed by atoms with Crippen molar-refractivity contribution < 1.29 is 0 Å². The van der Waals surface area contributed by atoms with E-state index < -0.39 is 0 Å². The van der Waals surface area contributed by atoms with E-state index >= 15 is 0 Å². The summed E-state index contributed by atoms with van der Waals surface area (Å²) >= 11 is 6.79. The smallest absolute Gasteiger partial charge is 0.161 e. The van der Waals surface area contributed by atoms with E-state index in [-0.39, 0.29) is 0 Å². The van der Waals surface area contributed by atoms with Crippen molar-refractivity contribution in [2.75, 3.05) is 18.5 Å². The lowest BCUT2D eigenvalue weighted by Gasteiger charge is -2.12. The van der Waals surface area contributed by atoms with Crippen LogP contribution in [0.25, 0.3) is 11.4 Å². The fourth-order valence-electron chi connectivity index (χ4n) is 2.23. The van der Waals surface area contributed by atoms with Crippen molar-refractivity contribution in [3.63, 3.8) is 0 Å². The molecule has 0 aliphatic carbocycles. The van der Waals surface area contributed by atoms with Crippen LogP contribution in [0.15, 0.2) is 33.5 Å². The number of aromatic nitrogens is 2. The summed E-state index contributed by atoms with van der Waals surface area (Å²) in [7, 11) is 2.12. The number of likely N-dealkylation sites (N-methyl/N-ethyl adjacent to an activating group) is 1. The van der Waals surface area contributed by atoms with Crippen molar-refractivity contribution in [3.8, 4) is 11.4 Å². The quantitative estimate of drug-likeness (QED) is 0.719. The van der Waals surface area contributed by atoms with Gasteiger partial charge in [-0.3, -0.25) is 0 Å². The standard InChI is InChI=1S/C13H11Br2N3/c1-18-5-4-8-6-9(2-3-10(8)18)13-16-11(14)7-12(15)17-13/h2-3,6-7H,4-5H2,1H3. The van der Waals surface area contributed by atoms with E-state index in [4.69, 9.17) is 0 Å². The second kappa shape index (κ2) is 4.63. The van der Waals surface area contributed by atoms with Crippen LogP contribution in [0.5, 0.6) is 0 Å². The molecule has 5 heteroatoms. The molecule has 0 spiro atoms. The molecule has 0 unspecified atom stereocenters. The molecule has 0 amide bonds. The Hall–Kier alpha value is -0.940. The van der Waals surface area contributed by atoms with Crippen molar-refractivity contribution in [1.82, 2.24) is 9.97 Å². The molecule has 1 aliphatic rings. The van der Waals surface area contributed by atoms with E-state index in [0.29, 0.717) is 0 Å². The van der Waals surface area contributed by atoms with Gasteiger partial charge < -0.3 is 4.90 Å². The number of rotatable bonds is 1. The number of fused-ring (bicyclic) bond motifs is 1. The highest BCUT2D eigenvalue weighted by Crippen LogP contribution is 2.31. The number of hydrogen-bond acceptors (Lipinski definition) is 3. The third kappa shape index (κ3) is 2.17. The van der Waals surface area contributed by atoms with Gasteiger partial charge in [0.05, 0.1) is 0 Å². The minimum Gasteiger partial charge on any atom is -0.374 e. The summed E-state index contributed by atoms with van der Waals surface area (Å²) in [6, 6.07) is 8.25. The normalized spacial score (nSPS) is 13.8. The summed E-state index contributed by atoms with van der Waals surface area (Å²) in [6.07, 6.45) is 1.09. The fraction of sp³-hybridized carbons (Fsp3) is 0.231. The minimum absolute atomic E-state index is 0.744. The lowest BCUT2D eigenvalue weighted by molar-refractivity contribution is 0.956. The third-order valence-corrected chi connectivity index (χ3v) is 3.94. The molecule has 2 aromatic rings. The fourth-order valence-corrected chi connectivity index (χ4v) is 3.30. The first-order chi connectivity index (χ1) is 8.63. The Morgan fingerprint density at radius 3 is 2.56 bits per heavy atom. The molecule has 3 nitrogen and oxygen atoms in total. The molecule has 1 aromatic carbocycles. The van der Waals surface area contributed by atoms with Crippen LogP contribution in [0.1, 0.15) is 5.56 Å². The molecule has 3 rings (SSSR count). The van der Waals surface area contributed by atoms with Crippen molar-refractivity contribution in [1.29, 1.82) is 0 Å². The summed E-state index contributed by atoms with van der Waals surface area (Å²) in [4.78, 5) is 11.1. The van der Waals surface area contributed by atoms with Crippen LogP contribution >= 0.6 is 31.9 Å². The second-order valence-corrected chi connectivity index (χ2v) is 5.98. The highest BCUT2D eigenvalue weighted by atomic mass is 79.9. The molecular formula is C13H11Br2N3. The predicted octanol–water partition coefficient (Wildman–Crippen LogP) is 3.66. The highest BCUT2D eigenvalue weighted by molar-refractivity contribution is 9.11. The molecule has 0 saturated heterocycles. The van der Waals surface area contributed by atoms with Crippen LogP contribution in [-0.4, -0.2) is 23.6 Å². The van der Waals surface area contributed by atoms with Gasteiger partial charge in [0.25, 0.3) is 0 Å². The molecule has 1 aromatic heterocycles. The largest absolute Gasteiger partial charge is 0.374 e. The van der Waals surface area contributed by atoms with Crippen LogP contribution in [-0.2, 0) is 6.42 Å². The van der Waals surface area contributed by atoms with Gasteiger partial charge in [-0.05, 0) is 62.0 Å². The predicted molar refractivity (Wildman–Crippen MR) is 79.8 cm³/mol. The van der Waals surface area contributed by atoms with Crippen LogP contribution in [0.4, 0.5) is 5.69 Å². The summed E-state index contributed by atoms with van der Waals surface area (Å²) in [5.74, 6) is 0.744. The van der Waals surface area contributed by atoms with Crippen LogP contribution in [0.2, 0.25) is 0 Å². The van der Waals surface area contributed by atoms with E-state index in [1.807, 2.05) is 6.07 Å². The van der Waals surface area contributed by atoms with Crippen molar-refractivity contribution >= 4 is 37.5 Å². The van der Waals surface area contributed by atoms with Crippen LogP contribution < -0.4 is 4.90 Å². The average Bonchev–Trinajstić information content (AvgIpc) is 2.69. The molecule has 0 atom stereocenters. The Labute approximate surface area is 123 Å². The molecule has 0 saturated carbocycles. The maximum atomic E-state index is 4.41. The van der Waals surface area contributed by atoms with Crippen LogP contribution in [0, 0.1) is 0 Å². The molecule has 18 heavy (non-hydrogen) atoms. The Kier molecular flexibility index (Phi) is 3.11. The maximum absolute atomic E-state index is 4.41. The van der Waals surface area contributed by atoms with Gasteiger partial charge in [-0.2, -0.15) is 0 Å². The van der Waals surface area contributed by atoms with Crippen molar-refractivity contribution in [3.05, 3.63) is 39.0 Å². The monoisotopic (exact) mass is 367 g/mol. The van der Waals surface area contributed by atoms with Gasteiger partial charge >= 0.3 is 0 Å². The molecule has 0 bridgehead atoms. The van der Waals surface area contributed by atoms with E-state index in [2.05, 4.69) is 72.0 Å². The van der Waals surface area contributed by atoms with Crippen molar-refractivity contribution in [2.45, 2.75) is 6.42 Å². The minimum atomic E-state index is 0.744. The van der Waals surface area contributed by atoms with Gasteiger partial charge in [0.15, 0.2) is 5.82 Å². The van der Waals surface area contributed by atoms with E-state index in [1.54, 1.807) is 0 Å². The van der Waals surface area contributed by atoms with E-state index in [0.717, 1.165) is 33.6 Å². The van der Waals surface area contributed by atoms with Gasteiger partial charge in [-0.15, -0.1) is 0 Å². The zero-order chi connectivity index (χ0) is 12.7. The van der Waals surface area contributed by atoms with E-state index in [1.165, 1.54) is 11.3 Å². The summed E-state index contributed by atoms with van der Waals surface area (Å²) in [5.41, 5.74) is 3.74. The Morgan fingerprint density at radius 1 is 1.11 bits per heavy atom. The maximum Gasteiger partial charge on any atom is 0.161 e. The second-order valence-electron chi connectivity index (χ2n) is 4.35. The van der Waals surface area contributed by atoms with Crippen molar-refractivity contribution in [2.24, 2.45) is 0 Å². The number of hydrogen-bond donors (Lipinski definition) is 0. The Morgan fingerprint density at radius 2 is 1.83 bits per heavy atom. The molecule has 0 N–H and O–H groups in total. The Balaban J connectivity index is 2.07. The van der Waals surface area contributed by atoms with Crippen LogP contribution in [0.3, 0.4) is 0 Å². The van der Waals surface area contributed by atoms with Gasteiger partial charge in [-0.1, -0.05) is 0 Å². The molecule has 2 heterocycles. The first-order valence-electron chi connectivity index (χ1n) is 5.68. The Bertz CT molecular complexity index is 593. The molecule has 1 aliphatic heterocycles. The number of benzene rings is 1. The summed E-state index contributed by atoms with van der Waals surface area (Å²) in [6.45, 7) is 1.09. The summed E-state index contributed by atoms with van der Waals surface area (Å²) in [5, 5.41) is 0. The first-order valence-corrected chi connectivity index (χ1v) is 7.26. The molecular weight excluding hydrogens is 358 g/mol. The zero-order valence-electron chi connectivity index (χ0n) is 9.82. The molecule has 0 fully saturated rings. The number of nitrogens with zero attached hydrogens (tertiary/aromatic N) is 3. The lowest BCUT2D eigenvalue weighted by atomic mass is 10.1. The van der Waals surface area contributed by atoms with Gasteiger partial charge in [-0.25, -0.2) is 9.97 Å². The third-order valence-electron chi connectivity index (χ3n) is 3.13. The van der Waals surface area contributed by atoms with Gasteiger partial charge in [0.2, 0.25) is 0 Å². The van der Waals surface area contributed by atoms with Gasteiger partial charge in [0.1, 0.15) is 9.21 Å². The molecule has 0 radical (unpaired) electrons. The average molecular weight is 369 g/mol.